The summed E-state index contributed by atoms with van der Waals surface area (Å²) in [6.07, 6.45) is 5.61. The number of anilines is 1. The number of pyridine rings is 1. The summed E-state index contributed by atoms with van der Waals surface area (Å²) in [6.45, 7) is 5.65. The summed E-state index contributed by atoms with van der Waals surface area (Å²) in [7, 11) is 0. The summed E-state index contributed by atoms with van der Waals surface area (Å²) < 4.78 is 0. The van der Waals surface area contributed by atoms with Gasteiger partial charge in [0.25, 0.3) is 0 Å². The van der Waals surface area contributed by atoms with Crippen LogP contribution in [0.15, 0.2) is 18.3 Å². The largest absolute Gasteiger partial charge is 0.355 e. The van der Waals surface area contributed by atoms with E-state index in [2.05, 4.69) is 35.1 Å². The lowest BCUT2D eigenvalue weighted by molar-refractivity contribution is -0.125. The van der Waals surface area contributed by atoms with Gasteiger partial charge in [0.05, 0.1) is 11.5 Å². The van der Waals surface area contributed by atoms with Gasteiger partial charge in [-0.2, -0.15) is 5.26 Å². The van der Waals surface area contributed by atoms with Crippen molar-refractivity contribution in [1.82, 2.24) is 10.3 Å². The smallest absolute Gasteiger partial charge is 0.225 e. The van der Waals surface area contributed by atoms with Gasteiger partial charge in [0.2, 0.25) is 5.91 Å². The van der Waals surface area contributed by atoms with E-state index in [4.69, 9.17) is 0 Å². The summed E-state index contributed by atoms with van der Waals surface area (Å²) in [5.74, 6) is 0.797. The van der Waals surface area contributed by atoms with Crippen LogP contribution in [0, 0.1) is 17.2 Å². The normalized spacial score (nSPS) is 19.3. The Balaban J connectivity index is 2.03. The molecular weight excluding hydrogens is 276 g/mol. The molecule has 1 aliphatic heterocycles. The van der Waals surface area contributed by atoms with Crippen molar-refractivity contribution in [1.29, 1.82) is 5.26 Å². The van der Waals surface area contributed by atoms with Crippen LogP contribution in [0.3, 0.4) is 0 Å². The Hall–Kier alpha value is -2.09. The zero-order chi connectivity index (χ0) is 15.9. The molecule has 22 heavy (non-hydrogen) atoms. The first kappa shape index (κ1) is 16.3. The number of hydrogen-bond acceptors (Lipinski definition) is 4. The zero-order valence-corrected chi connectivity index (χ0v) is 13.4. The van der Waals surface area contributed by atoms with E-state index in [0.29, 0.717) is 17.9 Å². The fraction of sp³-hybridized carbons (Fsp3) is 0.588. The Labute approximate surface area is 132 Å². The van der Waals surface area contributed by atoms with Gasteiger partial charge >= 0.3 is 0 Å². The number of carbonyl (C=O) groups excluding carboxylic acids is 1. The molecule has 1 aromatic heterocycles. The third-order valence-electron chi connectivity index (χ3n) is 4.11. The van der Waals surface area contributed by atoms with Crippen molar-refractivity contribution in [3.63, 3.8) is 0 Å². The number of hydrogen-bond donors (Lipinski definition) is 1. The SMILES string of the molecule is CCC[C@@H](C)NC(=O)[C@@H]1CCCN(c2ncccc2C#N)C1. The summed E-state index contributed by atoms with van der Waals surface area (Å²) in [4.78, 5) is 18.8. The van der Waals surface area contributed by atoms with Gasteiger partial charge in [-0.05, 0) is 38.3 Å². The molecule has 5 heteroatoms. The molecule has 118 valence electrons. The van der Waals surface area contributed by atoms with Gasteiger partial charge < -0.3 is 10.2 Å². The van der Waals surface area contributed by atoms with Crippen LogP contribution in [-0.4, -0.2) is 30.0 Å². The number of aromatic nitrogens is 1. The molecule has 5 nitrogen and oxygen atoms in total. The first-order valence-corrected chi connectivity index (χ1v) is 8.06. The van der Waals surface area contributed by atoms with Gasteiger partial charge in [-0.3, -0.25) is 4.79 Å². The van der Waals surface area contributed by atoms with Gasteiger partial charge in [-0.25, -0.2) is 4.98 Å². The third-order valence-corrected chi connectivity index (χ3v) is 4.11. The fourth-order valence-electron chi connectivity index (χ4n) is 2.99. The first-order chi connectivity index (χ1) is 10.7. The molecule has 1 N–H and O–H groups in total. The summed E-state index contributed by atoms with van der Waals surface area (Å²) in [6, 6.07) is 5.94. The summed E-state index contributed by atoms with van der Waals surface area (Å²) in [5.41, 5.74) is 0.572. The van der Waals surface area contributed by atoms with E-state index in [1.807, 2.05) is 0 Å². The van der Waals surface area contributed by atoms with Crippen molar-refractivity contribution < 1.29 is 4.79 Å². The lowest BCUT2D eigenvalue weighted by atomic mass is 9.96. The Morgan fingerprint density at radius 2 is 2.45 bits per heavy atom. The number of nitrogens with one attached hydrogen (secondary N) is 1. The summed E-state index contributed by atoms with van der Waals surface area (Å²) >= 11 is 0. The van der Waals surface area contributed by atoms with Gasteiger partial charge in [-0.1, -0.05) is 13.3 Å². The van der Waals surface area contributed by atoms with Crippen LogP contribution >= 0.6 is 0 Å². The van der Waals surface area contributed by atoms with Crippen molar-refractivity contribution in [2.24, 2.45) is 5.92 Å². The second-order valence-electron chi connectivity index (χ2n) is 5.97. The molecule has 0 radical (unpaired) electrons. The van der Waals surface area contributed by atoms with Crippen LogP contribution in [0.25, 0.3) is 0 Å². The number of amides is 1. The van der Waals surface area contributed by atoms with E-state index in [-0.39, 0.29) is 17.9 Å². The molecule has 2 atom stereocenters. The van der Waals surface area contributed by atoms with E-state index in [9.17, 15) is 10.1 Å². The highest BCUT2D eigenvalue weighted by Gasteiger charge is 2.28. The van der Waals surface area contributed by atoms with Crippen LogP contribution in [0.5, 0.6) is 0 Å². The Morgan fingerprint density at radius 1 is 1.64 bits per heavy atom. The highest BCUT2D eigenvalue weighted by molar-refractivity contribution is 5.80. The molecule has 0 aliphatic carbocycles. The monoisotopic (exact) mass is 300 g/mol. The first-order valence-electron chi connectivity index (χ1n) is 8.06. The van der Waals surface area contributed by atoms with Crippen molar-refractivity contribution in [3.8, 4) is 6.07 Å². The molecule has 0 spiro atoms. The van der Waals surface area contributed by atoms with Crippen molar-refractivity contribution >= 4 is 11.7 Å². The van der Waals surface area contributed by atoms with Crippen LogP contribution in [0.1, 0.15) is 45.1 Å². The molecule has 1 fully saturated rings. The molecular formula is C17H24N4O. The Bertz CT molecular complexity index is 552. The maximum absolute atomic E-state index is 12.4. The molecule has 0 saturated carbocycles. The number of carbonyl (C=O) groups is 1. The second kappa shape index (κ2) is 7.79. The minimum absolute atomic E-state index is 0.0263. The van der Waals surface area contributed by atoms with Crippen LogP contribution in [0.2, 0.25) is 0 Å². The highest BCUT2D eigenvalue weighted by Crippen LogP contribution is 2.24. The van der Waals surface area contributed by atoms with Crippen LogP contribution in [0.4, 0.5) is 5.82 Å². The topological polar surface area (TPSA) is 69.0 Å². The van der Waals surface area contributed by atoms with Crippen LogP contribution in [-0.2, 0) is 4.79 Å². The molecule has 0 unspecified atom stereocenters. The van der Waals surface area contributed by atoms with E-state index in [1.165, 1.54) is 0 Å². The Kier molecular flexibility index (Phi) is 5.76. The molecule has 1 amide bonds. The van der Waals surface area contributed by atoms with Gasteiger partial charge in [0, 0.05) is 25.3 Å². The lowest BCUT2D eigenvalue weighted by Gasteiger charge is -2.33. The van der Waals surface area contributed by atoms with Crippen molar-refractivity contribution in [2.75, 3.05) is 18.0 Å². The molecule has 0 aromatic carbocycles. The number of piperidine rings is 1. The summed E-state index contributed by atoms with van der Waals surface area (Å²) in [5, 5.41) is 12.3. The molecule has 1 saturated heterocycles. The quantitative estimate of drug-likeness (QED) is 0.907. The number of nitrogens with zero attached hydrogens (tertiary/aromatic N) is 3. The standard InChI is InChI=1S/C17H24N4O/c1-3-6-13(2)20-17(22)15-8-5-10-21(12-15)16-14(11-18)7-4-9-19-16/h4,7,9,13,15H,3,5-6,8,10,12H2,1-2H3,(H,20,22)/t13-,15-/m1/s1. The Morgan fingerprint density at radius 3 is 3.18 bits per heavy atom. The van der Waals surface area contributed by atoms with E-state index < -0.39 is 0 Å². The fourth-order valence-corrected chi connectivity index (χ4v) is 2.99. The highest BCUT2D eigenvalue weighted by atomic mass is 16.2. The molecule has 1 aromatic rings. The van der Waals surface area contributed by atoms with Crippen LogP contribution < -0.4 is 10.2 Å². The second-order valence-corrected chi connectivity index (χ2v) is 5.97. The minimum atomic E-state index is -0.0263. The van der Waals surface area contributed by atoms with E-state index in [1.54, 1.807) is 18.3 Å². The van der Waals surface area contributed by atoms with Crippen molar-refractivity contribution in [3.05, 3.63) is 23.9 Å². The molecule has 0 bridgehead atoms. The van der Waals surface area contributed by atoms with Crippen molar-refractivity contribution in [2.45, 2.75) is 45.6 Å². The van der Waals surface area contributed by atoms with E-state index in [0.717, 1.165) is 32.2 Å². The average Bonchev–Trinajstić information content (AvgIpc) is 2.55. The number of nitriles is 1. The predicted molar refractivity (Wildman–Crippen MR) is 86.4 cm³/mol. The average molecular weight is 300 g/mol. The zero-order valence-electron chi connectivity index (χ0n) is 13.4. The maximum atomic E-state index is 12.4. The van der Waals surface area contributed by atoms with Gasteiger partial charge in [0.15, 0.2) is 0 Å². The maximum Gasteiger partial charge on any atom is 0.225 e. The molecule has 1 aliphatic rings. The minimum Gasteiger partial charge on any atom is -0.355 e. The van der Waals surface area contributed by atoms with Gasteiger partial charge in [-0.15, -0.1) is 0 Å². The van der Waals surface area contributed by atoms with E-state index >= 15 is 0 Å². The predicted octanol–water partition coefficient (Wildman–Crippen LogP) is 2.47. The molecule has 2 heterocycles. The molecule has 2 rings (SSSR count). The van der Waals surface area contributed by atoms with Gasteiger partial charge in [0.1, 0.15) is 11.9 Å². The lowest BCUT2D eigenvalue weighted by Crippen LogP contribution is -2.45. The number of rotatable bonds is 5. The third kappa shape index (κ3) is 3.97.